The second-order valence-electron chi connectivity index (χ2n) is 4.91. The number of nitrogens with zero attached hydrogens (tertiary/aromatic N) is 3. The van der Waals surface area contributed by atoms with Gasteiger partial charge in [0, 0.05) is 0 Å². The molecular weight excluding hydrogens is 267 g/mol. The zero-order valence-electron chi connectivity index (χ0n) is 11.5. The maximum absolute atomic E-state index is 11.9. The van der Waals surface area contributed by atoms with Crippen molar-refractivity contribution in [1.29, 1.82) is 0 Å². The van der Waals surface area contributed by atoms with Crippen LogP contribution in [0.4, 0.5) is 5.82 Å². The fourth-order valence-electron chi connectivity index (χ4n) is 1.75. The minimum absolute atomic E-state index is 0.0228. The van der Waals surface area contributed by atoms with Crippen molar-refractivity contribution in [3.63, 3.8) is 0 Å². The van der Waals surface area contributed by atoms with Crippen molar-refractivity contribution in [3.05, 3.63) is 12.5 Å². The smallest absolute Gasteiger partial charge is 0.266 e. The highest BCUT2D eigenvalue weighted by Gasteiger charge is 2.21. The first-order chi connectivity index (χ1) is 8.83. The lowest BCUT2D eigenvalue weighted by atomic mass is 10.4. The van der Waals surface area contributed by atoms with Crippen LogP contribution in [0.1, 0.15) is 13.3 Å². The normalized spacial score (nSPS) is 11.8. The summed E-state index contributed by atoms with van der Waals surface area (Å²) in [6, 6.07) is 0. The third-order valence-electron chi connectivity index (χ3n) is 2.39. The summed E-state index contributed by atoms with van der Waals surface area (Å²) in [4.78, 5) is 20.1. The molecule has 0 saturated carbocycles. The molecule has 0 aliphatic carbocycles. The lowest BCUT2D eigenvalue weighted by molar-refractivity contribution is -0.124. The molecule has 0 radical (unpaired) electrons. The Labute approximate surface area is 112 Å². The Kier molecular flexibility index (Phi) is 5.72. The van der Waals surface area contributed by atoms with Crippen molar-refractivity contribution in [2.45, 2.75) is 13.3 Å². The molecule has 108 valence electrons. The molecule has 19 heavy (non-hydrogen) atoms. The molecule has 1 rings (SSSR count). The average Bonchev–Trinajstić information content (AvgIpc) is 2.79. The minimum Gasteiger partial charge on any atom is -0.329 e. The van der Waals surface area contributed by atoms with E-state index in [9.17, 15) is 14.6 Å². The summed E-state index contributed by atoms with van der Waals surface area (Å²) < 4.78 is 11.8. The summed E-state index contributed by atoms with van der Waals surface area (Å²) in [5.74, 6) is -0.260. The molecule has 0 saturated heterocycles. The van der Waals surface area contributed by atoms with Gasteiger partial charge in [0.1, 0.15) is 0 Å². The van der Waals surface area contributed by atoms with Crippen LogP contribution in [0.2, 0.25) is 0 Å². The van der Waals surface area contributed by atoms with Crippen LogP contribution in [0.3, 0.4) is 0 Å². The number of nitrogens with one attached hydrogen (secondary N) is 1. The predicted molar refractivity (Wildman–Crippen MR) is 74.0 cm³/mol. The Hall–Kier alpha value is -1.17. The van der Waals surface area contributed by atoms with E-state index in [-0.39, 0.29) is 12.4 Å². The lowest BCUT2D eigenvalue weighted by Gasteiger charge is -2.24. The average molecular weight is 288 g/mol. The Balaban J connectivity index is 2.63. The highest BCUT2D eigenvalue weighted by Crippen LogP contribution is 2.36. The molecule has 0 spiro atoms. The maximum Gasteiger partial charge on any atom is 0.266 e. The zero-order valence-corrected chi connectivity index (χ0v) is 12.4. The van der Waals surface area contributed by atoms with Crippen LogP contribution in [0.15, 0.2) is 12.5 Å². The van der Waals surface area contributed by atoms with E-state index in [0.29, 0.717) is 17.9 Å². The van der Waals surface area contributed by atoms with Crippen molar-refractivity contribution in [2.24, 2.45) is 0 Å². The van der Waals surface area contributed by atoms with E-state index in [0.717, 1.165) is 6.42 Å². The summed E-state index contributed by atoms with van der Waals surface area (Å²) in [6.07, 6.45) is 3.95. The van der Waals surface area contributed by atoms with Crippen molar-refractivity contribution in [1.82, 2.24) is 14.9 Å². The van der Waals surface area contributed by atoms with Gasteiger partial charge < -0.3 is 9.55 Å². The van der Waals surface area contributed by atoms with Gasteiger partial charge in [0.05, 0.1) is 32.5 Å². The molecule has 0 unspecified atom stereocenters. The lowest BCUT2D eigenvalue weighted by Crippen LogP contribution is -2.39. The number of carbonyl (C=O) groups is 1. The summed E-state index contributed by atoms with van der Waals surface area (Å²) in [5.41, 5.74) is 0. The van der Waals surface area contributed by atoms with Gasteiger partial charge in [0.15, 0.2) is 5.82 Å². The van der Waals surface area contributed by atoms with Crippen LogP contribution in [0.5, 0.6) is 0 Å². The van der Waals surface area contributed by atoms with Gasteiger partial charge in [-0.15, -0.1) is 0 Å². The Morgan fingerprint density at radius 2 is 2.21 bits per heavy atom. The van der Waals surface area contributed by atoms with Gasteiger partial charge in [-0.25, -0.2) is 4.98 Å². The molecule has 0 bridgehead atoms. The van der Waals surface area contributed by atoms with Gasteiger partial charge in [-0.3, -0.25) is 14.9 Å². The number of carbonyl (C=O) groups excluding carboxylic acids is 1. The van der Waals surface area contributed by atoms with Crippen LogP contribution >= 0.6 is 7.14 Å². The molecule has 7 nitrogen and oxygen atoms in total. The predicted octanol–water partition coefficient (Wildman–Crippen LogP) is 1.42. The number of imidazole rings is 1. The van der Waals surface area contributed by atoms with Gasteiger partial charge in [-0.1, -0.05) is 6.92 Å². The van der Waals surface area contributed by atoms with Crippen molar-refractivity contribution in [3.8, 4) is 0 Å². The summed E-state index contributed by atoms with van der Waals surface area (Å²) in [6.45, 7) is 6.04. The number of hydrogen-bond acceptors (Lipinski definition) is 5. The van der Waals surface area contributed by atoms with Crippen LogP contribution in [-0.4, -0.2) is 58.7 Å². The first-order valence-electron chi connectivity index (χ1n) is 6.10. The molecule has 1 aromatic heterocycles. The van der Waals surface area contributed by atoms with E-state index in [4.69, 9.17) is 0 Å². The largest absolute Gasteiger partial charge is 0.329 e. The molecule has 1 aromatic rings. The molecule has 0 aliphatic heterocycles. The Bertz CT molecular complexity index is 443. The first kappa shape index (κ1) is 15.9. The highest BCUT2D eigenvalue weighted by atomic mass is 31.2. The number of hydroxylamine groups is 1. The second-order valence-corrected chi connectivity index (χ2v) is 8.34. The summed E-state index contributed by atoms with van der Waals surface area (Å²) >= 11 is 0. The standard InChI is InChI=1S/C11H21N4O3P/c1-4-5-14(9-19(2,3)18)7-11(16)15(17)10-6-12-8-13-10/h6,8,17H,4-5,7,9H2,1-3H3,(H,12,13). The van der Waals surface area contributed by atoms with Crippen LogP contribution in [0, 0.1) is 0 Å². The van der Waals surface area contributed by atoms with E-state index in [1.165, 1.54) is 12.5 Å². The van der Waals surface area contributed by atoms with Gasteiger partial charge in [-0.05, 0) is 26.3 Å². The van der Waals surface area contributed by atoms with Crippen molar-refractivity contribution in [2.75, 3.05) is 37.8 Å². The molecule has 8 heteroatoms. The van der Waals surface area contributed by atoms with E-state index in [1.54, 1.807) is 18.2 Å². The number of rotatable bonds is 7. The molecule has 1 amide bonds. The van der Waals surface area contributed by atoms with E-state index >= 15 is 0 Å². The first-order valence-corrected chi connectivity index (χ1v) is 8.88. The molecular formula is C11H21N4O3P. The fourth-order valence-corrected chi connectivity index (χ4v) is 2.96. The third kappa shape index (κ3) is 5.55. The highest BCUT2D eigenvalue weighted by molar-refractivity contribution is 7.62. The van der Waals surface area contributed by atoms with Gasteiger partial charge >= 0.3 is 0 Å². The van der Waals surface area contributed by atoms with Gasteiger partial charge in [0.25, 0.3) is 5.91 Å². The monoisotopic (exact) mass is 288 g/mol. The number of H-pyrrole nitrogens is 1. The van der Waals surface area contributed by atoms with E-state index in [1.807, 2.05) is 6.92 Å². The molecule has 1 heterocycles. The Morgan fingerprint density at radius 1 is 1.53 bits per heavy atom. The fraction of sp³-hybridized carbons (Fsp3) is 0.636. The van der Waals surface area contributed by atoms with E-state index < -0.39 is 13.0 Å². The van der Waals surface area contributed by atoms with Crippen LogP contribution in [0.25, 0.3) is 0 Å². The number of amides is 1. The number of aromatic amines is 1. The zero-order chi connectivity index (χ0) is 14.5. The van der Waals surface area contributed by atoms with Gasteiger partial charge in [-0.2, -0.15) is 5.06 Å². The molecule has 0 aromatic carbocycles. The molecule has 0 fully saturated rings. The third-order valence-corrected chi connectivity index (χ3v) is 3.47. The molecule has 0 atom stereocenters. The molecule has 2 N–H and O–H groups in total. The molecule has 0 aliphatic rings. The Morgan fingerprint density at radius 3 is 2.68 bits per heavy atom. The number of anilines is 1. The SMILES string of the molecule is CCCN(CC(=O)N(O)c1cnc[nH]1)CP(C)(C)=O. The number of hydrogen-bond donors (Lipinski definition) is 2. The van der Waals surface area contributed by atoms with Gasteiger partial charge in [0.2, 0.25) is 0 Å². The minimum atomic E-state index is -2.24. The quantitative estimate of drug-likeness (QED) is 0.450. The van der Waals surface area contributed by atoms with Crippen LogP contribution in [-0.2, 0) is 9.36 Å². The van der Waals surface area contributed by atoms with Crippen molar-refractivity contribution < 1.29 is 14.6 Å². The van der Waals surface area contributed by atoms with Crippen LogP contribution < -0.4 is 5.06 Å². The van der Waals surface area contributed by atoms with E-state index in [2.05, 4.69) is 9.97 Å². The number of aromatic nitrogens is 2. The van der Waals surface area contributed by atoms with Crippen molar-refractivity contribution >= 4 is 18.9 Å². The second kappa shape index (κ2) is 6.84. The maximum atomic E-state index is 11.9. The topological polar surface area (TPSA) is 89.5 Å². The summed E-state index contributed by atoms with van der Waals surface area (Å²) in [7, 11) is -2.24. The summed E-state index contributed by atoms with van der Waals surface area (Å²) in [5, 5.41) is 10.2.